The number of hydrogen-bond acceptors (Lipinski definition) is 6. The molecule has 0 N–H and O–H groups in total. The number of nitrogens with zero attached hydrogens (tertiary/aromatic N) is 2. The minimum atomic E-state index is 0.259. The smallest absolute Gasteiger partial charge is 0.256 e. The van der Waals surface area contributed by atoms with Gasteiger partial charge in [-0.15, -0.1) is 0 Å². The second-order valence-corrected chi connectivity index (χ2v) is 6.10. The predicted octanol–water partition coefficient (Wildman–Crippen LogP) is 3.82. The van der Waals surface area contributed by atoms with Crippen LogP contribution in [0.4, 0.5) is 0 Å². The lowest BCUT2D eigenvalue weighted by Crippen LogP contribution is -2.25. The minimum absolute atomic E-state index is 0.259. The maximum atomic E-state index is 12.4. The molecule has 0 amide bonds. The lowest BCUT2D eigenvalue weighted by molar-refractivity contribution is -0.793. The Morgan fingerprint density at radius 1 is 0.821 bits per heavy atom. The molecule has 0 aliphatic heterocycles. The van der Waals surface area contributed by atoms with Gasteiger partial charge in [0.05, 0.1) is 21.3 Å². The Balaban J connectivity index is 1.91. The molecule has 28 heavy (non-hydrogen) atoms. The van der Waals surface area contributed by atoms with Crippen molar-refractivity contribution in [3.8, 4) is 39.8 Å². The molecule has 1 aromatic heterocycles. The Bertz CT molecular complexity index is 1130. The van der Waals surface area contributed by atoms with Crippen LogP contribution < -0.4 is 19.1 Å². The highest BCUT2D eigenvalue weighted by molar-refractivity contribution is 5.89. The normalized spacial score (nSPS) is 10.8. The summed E-state index contributed by atoms with van der Waals surface area (Å²) in [5.74, 6) is 1.31. The number of ether oxygens (including phenoxy) is 3. The van der Waals surface area contributed by atoms with E-state index in [1.54, 1.807) is 12.1 Å². The highest BCUT2D eigenvalue weighted by Gasteiger charge is 2.26. The van der Waals surface area contributed by atoms with E-state index in [1.807, 2.05) is 42.5 Å². The van der Waals surface area contributed by atoms with Crippen LogP contribution in [0.25, 0.3) is 33.3 Å². The van der Waals surface area contributed by atoms with E-state index in [1.165, 1.54) is 21.3 Å². The van der Waals surface area contributed by atoms with Crippen molar-refractivity contribution in [1.82, 2.24) is 5.16 Å². The summed E-state index contributed by atoms with van der Waals surface area (Å²) in [6.07, 6.45) is 0. The molecule has 4 aromatic rings. The first-order chi connectivity index (χ1) is 13.7. The maximum Gasteiger partial charge on any atom is 0.256 e. The van der Waals surface area contributed by atoms with Crippen molar-refractivity contribution in [1.29, 1.82) is 0 Å². The summed E-state index contributed by atoms with van der Waals surface area (Å²) in [5, 5.41) is 18.5. The first kappa shape index (κ1) is 17.7. The molecule has 0 saturated carbocycles. The van der Waals surface area contributed by atoms with E-state index in [4.69, 9.17) is 18.8 Å². The van der Waals surface area contributed by atoms with E-state index in [-0.39, 0.29) is 5.69 Å². The second kappa shape index (κ2) is 7.11. The van der Waals surface area contributed by atoms with Gasteiger partial charge in [-0.2, -0.15) is 0 Å². The van der Waals surface area contributed by atoms with Gasteiger partial charge in [-0.3, -0.25) is 4.63 Å². The van der Waals surface area contributed by atoms with Gasteiger partial charge in [0.15, 0.2) is 11.5 Å². The maximum absolute atomic E-state index is 12.4. The Morgan fingerprint density at radius 2 is 1.50 bits per heavy atom. The summed E-state index contributed by atoms with van der Waals surface area (Å²) in [5.41, 5.74) is 1.99. The van der Waals surface area contributed by atoms with Crippen molar-refractivity contribution >= 4 is 10.8 Å². The molecule has 7 heteroatoms. The molecule has 4 rings (SSSR count). The summed E-state index contributed by atoms with van der Waals surface area (Å²) in [4.78, 5) is 0.380. The lowest BCUT2D eigenvalue weighted by Gasteiger charge is -2.13. The number of hydrogen-bond donors (Lipinski definition) is 0. The van der Waals surface area contributed by atoms with Gasteiger partial charge in [-0.1, -0.05) is 30.3 Å². The van der Waals surface area contributed by atoms with Crippen LogP contribution in [0.3, 0.4) is 0 Å². The van der Waals surface area contributed by atoms with Crippen LogP contribution in [-0.4, -0.2) is 26.5 Å². The molecule has 0 unspecified atom stereocenters. The monoisotopic (exact) mass is 378 g/mol. The van der Waals surface area contributed by atoms with Gasteiger partial charge in [0.25, 0.3) is 5.69 Å². The SMILES string of the molecule is COc1cc(-c2c(-c3ccc4ccccc4c3)no[n+]2[O-])cc(OC)c1OC. The van der Waals surface area contributed by atoms with Crippen LogP contribution >= 0.6 is 0 Å². The van der Waals surface area contributed by atoms with Gasteiger partial charge >= 0.3 is 0 Å². The molecule has 0 spiro atoms. The van der Waals surface area contributed by atoms with Gasteiger partial charge in [0.2, 0.25) is 11.4 Å². The minimum Gasteiger partial charge on any atom is -0.493 e. The molecular weight excluding hydrogens is 360 g/mol. The number of methoxy groups -OCH3 is 3. The highest BCUT2D eigenvalue weighted by atomic mass is 16.8. The topological polar surface area (TPSA) is 80.7 Å². The summed E-state index contributed by atoms with van der Waals surface area (Å²) in [6.45, 7) is 0. The van der Waals surface area contributed by atoms with Crippen LogP contribution in [0.5, 0.6) is 17.2 Å². The molecule has 0 atom stereocenters. The predicted molar refractivity (Wildman–Crippen MR) is 103 cm³/mol. The van der Waals surface area contributed by atoms with E-state index in [2.05, 4.69) is 5.16 Å². The fraction of sp³-hybridized carbons (Fsp3) is 0.143. The molecule has 0 aliphatic rings. The third-order valence-corrected chi connectivity index (χ3v) is 4.57. The number of rotatable bonds is 5. The molecule has 0 aliphatic carbocycles. The zero-order valence-corrected chi connectivity index (χ0v) is 15.6. The fourth-order valence-corrected chi connectivity index (χ4v) is 3.23. The summed E-state index contributed by atoms with van der Waals surface area (Å²) in [7, 11) is 4.56. The number of aromatic nitrogens is 2. The standard InChI is InChI=1S/C21H18N2O5/c1-25-17-11-16(12-18(26-2)21(17)27-3)20-19(22-28-23(20)24)15-9-8-13-6-4-5-7-14(13)10-15/h4-12H,1-3H3. The van der Waals surface area contributed by atoms with Crippen molar-refractivity contribution in [2.45, 2.75) is 0 Å². The molecule has 0 saturated heterocycles. The molecular formula is C21H18N2O5. The molecule has 0 fully saturated rings. The van der Waals surface area contributed by atoms with Gasteiger partial charge < -0.3 is 19.4 Å². The Kier molecular flexibility index (Phi) is 4.49. The van der Waals surface area contributed by atoms with E-state index < -0.39 is 0 Å². The van der Waals surface area contributed by atoms with Gasteiger partial charge in [-0.25, -0.2) is 0 Å². The first-order valence-electron chi connectivity index (χ1n) is 8.55. The second-order valence-electron chi connectivity index (χ2n) is 6.10. The highest BCUT2D eigenvalue weighted by Crippen LogP contribution is 2.42. The Labute approximate surface area is 161 Å². The van der Waals surface area contributed by atoms with E-state index in [0.29, 0.717) is 33.4 Å². The van der Waals surface area contributed by atoms with Crippen molar-refractivity contribution in [2.75, 3.05) is 21.3 Å². The first-order valence-corrected chi connectivity index (χ1v) is 8.55. The van der Waals surface area contributed by atoms with E-state index in [9.17, 15) is 5.21 Å². The van der Waals surface area contributed by atoms with Crippen molar-refractivity contribution in [3.05, 3.63) is 59.8 Å². The average Bonchev–Trinajstić information content (AvgIpc) is 3.13. The zero-order chi connectivity index (χ0) is 19.7. The van der Waals surface area contributed by atoms with Gasteiger partial charge in [0, 0.05) is 16.3 Å². The largest absolute Gasteiger partial charge is 0.493 e. The van der Waals surface area contributed by atoms with Crippen LogP contribution in [0.1, 0.15) is 0 Å². The van der Waals surface area contributed by atoms with E-state index >= 15 is 0 Å². The lowest BCUT2D eigenvalue weighted by atomic mass is 10.0. The molecule has 1 heterocycles. The number of benzene rings is 3. The average molecular weight is 378 g/mol. The van der Waals surface area contributed by atoms with Crippen LogP contribution in [-0.2, 0) is 0 Å². The van der Waals surface area contributed by atoms with E-state index in [0.717, 1.165) is 16.3 Å². The van der Waals surface area contributed by atoms with Gasteiger partial charge in [0.1, 0.15) is 0 Å². The Morgan fingerprint density at radius 3 is 2.14 bits per heavy atom. The van der Waals surface area contributed by atoms with Crippen molar-refractivity contribution in [2.24, 2.45) is 0 Å². The van der Waals surface area contributed by atoms with Crippen molar-refractivity contribution < 1.29 is 23.7 Å². The molecule has 7 nitrogen and oxygen atoms in total. The fourth-order valence-electron chi connectivity index (χ4n) is 3.23. The third-order valence-electron chi connectivity index (χ3n) is 4.57. The zero-order valence-electron chi connectivity index (χ0n) is 15.6. The van der Waals surface area contributed by atoms with Crippen molar-refractivity contribution in [3.63, 3.8) is 0 Å². The van der Waals surface area contributed by atoms with Crippen LogP contribution in [0.15, 0.2) is 59.2 Å². The third kappa shape index (κ3) is 2.87. The molecule has 0 radical (unpaired) electrons. The summed E-state index contributed by atoms with van der Waals surface area (Å²) < 4.78 is 21.1. The number of fused-ring (bicyclic) bond motifs is 1. The Hall–Kier alpha value is -3.74. The van der Waals surface area contributed by atoms with Gasteiger partial charge in [-0.05, 0) is 39.9 Å². The summed E-state index contributed by atoms with van der Waals surface area (Å²) >= 11 is 0. The van der Waals surface area contributed by atoms with Crippen LogP contribution in [0.2, 0.25) is 0 Å². The quantitative estimate of drug-likeness (QED) is 0.491. The molecule has 3 aromatic carbocycles. The summed E-state index contributed by atoms with van der Waals surface area (Å²) in [6, 6.07) is 17.2. The molecule has 0 bridgehead atoms. The van der Waals surface area contributed by atoms with Crippen LogP contribution in [0, 0.1) is 5.21 Å². The molecule has 142 valence electrons.